The van der Waals surface area contributed by atoms with E-state index in [2.05, 4.69) is 16.5 Å². The van der Waals surface area contributed by atoms with Crippen LogP contribution in [-0.4, -0.2) is 45.7 Å². The van der Waals surface area contributed by atoms with Crippen LogP contribution in [0, 0.1) is 17.2 Å². The second-order valence-corrected chi connectivity index (χ2v) is 10.4. The maximum absolute atomic E-state index is 13.6. The molecule has 1 aliphatic heterocycles. The Morgan fingerprint density at radius 2 is 1.88 bits per heavy atom. The molecular formula is C26H34N4O4. The lowest BCUT2D eigenvalue weighted by atomic mass is 9.88. The molecule has 0 aliphatic carbocycles. The van der Waals surface area contributed by atoms with Crippen molar-refractivity contribution in [2.24, 2.45) is 5.92 Å². The van der Waals surface area contributed by atoms with Gasteiger partial charge in [-0.1, -0.05) is 51.9 Å². The van der Waals surface area contributed by atoms with Crippen LogP contribution < -0.4 is 5.32 Å². The molecule has 8 heteroatoms. The van der Waals surface area contributed by atoms with Crippen LogP contribution in [-0.2, 0) is 15.0 Å². The van der Waals surface area contributed by atoms with Crippen molar-refractivity contribution < 1.29 is 19.2 Å². The van der Waals surface area contributed by atoms with Gasteiger partial charge in [-0.2, -0.15) is 5.26 Å². The number of carbonyl (C=O) groups excluding carboxylic acids is 2. The van der Waals surface area contributed by atoms with Gasteiger partial charge < -0.3 is 19.8 Å². The Morgan fingerprint density at radius 1 is 1.24 bits per heavy atom. The first-order valence-electron chi connectivity index (χ1n) is 11.7. The Kier molecular flexibility index (Phi) is 7.47. The summed E-state index contributed by atoms with van der Waals surface area (Å²) in [6.45, 7) is 11.8. The molecule has 2 N–H and O–H groups in total. The number of nitriles is 1. The summed E-state index contributed by atoms with van der Waals surface area (Å²) in [5.74, 6) is -0.810. The van der Waals surface area contributed by atoms with Crippen molar-refractivity contribution in [3.8, 4) is 6.07 Å². The lowest BCUT2D eigenvalue weighted by Crippen LogP contribution is -2.48. The average Bonchev–Trinajstić information content (AvgIpc) is 3.40. The monoisotopic (exact) mass is 466 g/mol. The van der Waals surface area contributed by atoms with Gasteiger partial charge in [0.15, 0.2) is 0 Å². The van der Waals surface area contributed by atoms with Crippen molar-refractivity contribution in [2.45, 2.75) is 77.5 Å². The van der Waals surface area contributed by atoms with Crippen molar-refractivity contribution >= 4 is 11.8 Å². The summed E-state index contributed by atoms with van der Waals surface area (Å²) in [4.78, 5) is 28.3. The van der Waals surface area contributed by atoms with E-state index < -0.39 is 18.1 Å². The molecule has 1 fully saturated rings. The molecule has 0 radical (unpaired) electrons. The van der Waals surface area contributed by atoms with Gasteiger partial charge in [-0.15, -0.1) is 0 Å². The number of carbonyl (C=O) groups is 2. The molecule has 0 bridgehead atoms. The zero-order chi connectivity index (χ0) is 25.2. The highest BCUT2D eigenvalue weighted by Gasteiger charge is 2.43. The average molecular weight is 467 g/mol. The number of rotatable bonds is 6. The number of hydrogen-bond acceptors (Lipinski definition) is 6. The zero-order valence-corrected chi connectivity index (χ0v) is 20.7. The summed E-state index contributed by atoms with van der Waals surface area (Å²) in [7, 11) is 0. The summed E-state index contributed by atoms with van der Waals surface area (Å²) in [5, 5.41) is 26.4. The van der Waals surface area contributed by atoms with Crippen LogP contribution in [0.25, 0.3) is 0 Å². The molecule has 1 aromatic carbocycles. The van der Waals surface area contributed by atoms with Crippen LogP contribution in [0.1, 0.15) is 82.5 Å². The lowest BCUT2D eigenvalue weighted by molar-refractivity contribution is -0.141. The van der Waals surface area contributed by atoms with Gasteiger partial charge in [-0.05, 0) is 30.5 Å². The SMILES string of the molecule is CC(C)[C@@H](C(=O)N1C[C@H](O)C[C@H]1C(=O)N[C@@H](C)c1ccc(C#N)cc1)c1cc(C(C)(C)C)no1. The van der Waals surface area contributed by atoms with Gasteiger partial charge >= 0.3 is 0 Å². The molecule has 1 saturated heterocycles. The van der Waals surface area contributed by atoms with E-state index >= 15 is 0 Å². The standard InChI is InChI=1S/C26H34N4O4/c1-15(2)23(21-12-22(29-34-21)26(4,5)6)25(33)30-14-19(31)11-20(30)24(32)28-16(3)18-9-7-17(13-27)8-10-18/h7-10,12,15-16,19-20,23,31H,11,14H2,1-6H3,(H,28,32)/t16-,19+,20-,23+/m0/s1. The van der Waals surface area contributed by atoms with Crippen molar-refractivity contribution in [3.05, 3.63) is 52.9 Å². The molecule has 1 aromatic heterocycles. The molecule has 0 saturated carbocycles. The number of benzene rings is 1. The number of aliphatic hydroxyl groups excluding tert-OH is 1. The largest absolute Gasteiger partial charge is 0.391 e. The Balaban J connectivity index is 1.79. The van der Waals surface area contributed by atoms with E-state index in [9.17, 15) is 14.7 Å². The maximum Gasteiger partial charge on any atom is 0.243 e. The third-order valence-corrected chi connectivity index (χ3v) is 6.30. The van der Waals surface area contributed by atoms with E-state index in [1.807, 2.05) is 47.6 Å². The highest BCUT2D eigenvalue weighted by molar-refractivity contribution is 5.91. The van der Waals surface area contributed by atoms with Crippen LogP contribution in [0.5, 0.6) is 0 Å². The number of β-amino-alcohol motifs (C(OH)–C–C–N with tert-alkyl or cyclic N) is 1. The van der Waals surface area contributed by atoms with Gasteiger partial charge in [-0.25, -0.2) is 0 Å². The highest BCUT2D eigenvalue weighted by atomic mass is 16.5. The maximum atomic E-state index is 13.6. The van der Waals surface area contributed by atoms with Gasteiger partial charge in [0.2, 0.25) is 11.8 Å². The van der Waals surface area contributed by atoms with Gasteiger partial charge in [0.25, 0.3) is 0 Å². The van der Waals surface area contributed by atoms with Crippen LogP contribution in [0.15, 0.2) is 34.9 Å². The van der Waals surface area contributed by atoms with Gasteiger partial charge in [0.1, 0.15) is 17.7 Å². The first kappa shape index (κ1) is 25.4. The molecule has 2 aromatic rings. The van der Waals surface area contributed by atoms with Gasteiger partial charge in [-0.3, -0.25) is 9.59 Å². The summed E-state index contributed by atoms with van der Waals surface area (Å²) in [6, 6.07) is 9.77. The number of likely N-dealkylation sites (tertiary alicyclic amines) is 1. The molecular weight excluding hydrogens is 432 g/mol. The summed E-state index contributed by atoms with van der Waals surface area (Å²) in [6.07, 6.45) is -0.607. The van der Waals surface area contributed by atoms with E-state index in [1.54, 1.807) is 24.3 Å². The van der Waals surface area contributed by atoms with Gasteiger partial charge in [0, 0.05) is 24.4 Å². The first-order valence-corrected chi connectivity index (χ1v) is 11.7. The van der Waals surface area contributed by atoms with E-state index in [-0.39, 0.29) is 42.2 Å². The minimum atomic E-state index is -0.783. The Bertz CT molecular complexity index is 1060. The number of aromatic nitrogens is 1. The van der Waals surface area contributed by atoms with E-state index in [0.29, 0.717) is 11.3 Å². The molecule has 0 spiro atoms. The van der Waals surface area contributed by atoms with Gasteiger partial charge in [0.05, 0.1) is 29.5 Å². The topological polar surface area (TPSA) is 119 Å². The first-order chi connectivity index (χ1) is 15.9. The number of hydrogen-bond donors (Lipinski definition) is 2. The Morgan fingerprint density at radius 3 is 2.41 bits per heavy atom. The predicted molar refractivity (Wildman–Crippen MR) is 127 cm³/mol. The molecule has 182 valence electrons. The molecule has 4 atom stereocenters. The van der Waals surface area contributed by atoms with Crippen molar-refractivity contribution in [2.75, 3.05) is 6.54 Å². The molecule has 34 heavy (non-hydrogen) atoms. The summed E-state index contributed by atoms with van der Waals surface area (Å²) < 4.78 is 5.58. The molecule has 3 rings (SSSR count). The van der Waals surface area contributed by atoms with Crippen LogP contribution in [0.3, 0.4) is 0 Å². The van der Waals surface area contributed by atoms with Crippen molar-refractivity contribution in [1.82, 2.24) is 15.4 Å². The molecule has 1 aliphatic rings. The fourth-order valence-corrected chi connectivity index (χ4v) is 4.25. The fourth-order valence-electron chi connectivity index (χ4n) is 4.25. The smallest absolute Gasteiger partial charge is 0.243 e. The lowest BCUT2D eigenvalue weighted by Gasteiger charge is -2.29. The molecule has 0 unspecified atom stereocenters. The molecule has 2 amide bonds. The minimum absolute atomic E-state index is 0.0889. The predicted octanol–water partition coefficient (Wildman–Crippen LogP) is 3.42. The Hall–Kier alpha value is -3.18. The third-order valence-electron chi connectivity index (χ3n) is 6.30. The molecule has 2 heterocycles. The van der Waals surface area contributed by atoms with Crippen LogP contribution in [0.4, 0.5) is 0 Å². The normalized spacial score (nSPS) is 20.1. The van der Waals surface area contributed by atoms with Crippen molar-refractivity contribution in [3.63, 3.8) is 0 Å². The number of amides is 2. The van der Waals surface area contributed by atoms with Crippen molar-refractivity contribution in [1.29, 1.82) is 5.26 Å². The van der Waals surface area contributed by atoms with E-state index in [1.165, 1.54) is 4.90 Å². The third kappa shape index (κ3) is 5.48. The number of aliphatic hydroxyl groups is 1. The minimum Gasteiger partial charge on any atom is -0.391 e. The second kappa shape index (κ2) is 9.98. The summed E-state index contributed by atoms with van der Waals surface area (Å²) in [5.41, 5.74) is 1.92. The van der Waals surface area contributed by atoms with Crippen LogP contribution in [0.2, 0.25) is 0 Å². The second-order valence-electron chi connectivity index (χ2n) is 10.4. The van der Waals surface area contributed by atoms with E-state index in [0.717, 1.165) is 11.3 Å². The number of nitrogens with one attached hydrogen (secondary N) is 1. The quantitative estimate of drug-likeness (QED) is 0.673. The van der Waals surface area contributed by atoms with Crippen LogP contribution >= 0.6 is 0 Å². The zero-order valence-electron chi connectivity index (χ0n) is 20.7. The van der Waals surface area contributed by atoms with E-state index in [4.69, 9.17) is 9.78 Å². The summed E-state index contributed by atoms with van der Waals surface area (Å²) >= 11 is 0. The highest BCUT2D eigenvalue weighted by Crippen LogP contribution is 2.33. The Labute approximate surface area is 200 Å². The molecule has 8 nitrogen and oxygen atoms in total. The number of nitrogens with zero attached hydrogens (tertiary/aromatic N) is 3. The fraction of sp³-hybridized carbons (Fsp3) is 0.538.